The molecule has 0 aliphatic heterocycles. The molecule has 0 unspecified atom stereocenters. The first-order chi connectivity index (χ1) is 13.8. The van der Waals surface area contributed by atoms with E-state index in [2.05, 4.69) is 11.1 Å². The van der Waals surface area contributed by atoms with Crippen LogP contribution in [-0.2, 0) is 26.7 Å². The summed E-state index contributed by atoms with van der Waals surface area (Å²) < 4.78 is 25.3. The van der Waals surface area contributed by atoms with Gasteiger partial charge in [-0.05, 0) is 54.5 Å². The maximum absolute atomic E-state index is 12.8. The van der Waals surface area contributed by atoms with Crippen LogP contribution in [0.15, 0.2) is 22.7 Å². The topological polar surface area (TPSA) is 108 Å². The zero-order valence-electron chi connectivity index (χ0n) is 18.2. The van der Waals surface area contributed by atoms with E-state index in [9.17, 15) is 23.6 Å². The van der Waals surface area contributed by atoms with Gasteiger partial charge in [0, 0.05) is 12.6 Å². The van der Waals surface area contributed by atoms with Crippen LogP contribution < -0.4 is 0 Å². The molecule has 1 aromatic carbocycles. The zero-order chi connectivity index (χ0) is 22.9. The average molecular weight is 449 g/mol. The van der Waals surface area contributed by atoms with E-state index in [1.807, 2.05) is 27.7 Å². The minimum atomic E-state index is -3.90. The van der Waals surface area contributed by atoms with E-state index in [4.69, 9.17) is 0 Å². The highest BCUT2D eigenvalue weighted by Crippen LogP contribution is 2.31. The SMILES string of the molecule is CC(C)c1cc(C#N)cc(C(C)C)c1CC(=O)CS(=O)(=O)c1ncc(C(C)(C)O)s1. The number of ketones is 1. The lowest BCUT2D eigenvalue weighted by Gasteiger charge is -2.20. The van der Waals surface area contributed by atoms with Crippen molar-refractivity contribution in [2.24, 2.45) is 0 Å². The Hall–Kier alpha value is -2.08. The van der Waals surface area contributed by atoms with Gasteiger partial charge < -0.3 is 5.11 Å². The summed E-state index contributed by atoms with van der Waals surface area (Å²) in [5, 5.41) is 19.4. The van der Waals surface area contributed by atoms with Gasteiger partial charge in [-0.3, -0.25) is 4.79 Å². The van der Waals surface area contributed by atoms with Gasteiger partial charge in [-0.1, -0.05) is 27.7 Å². The van der Waals surface area contributed by atoms with Gasteiger partial charge in [-0.15, -0.1) is 11.3 Å². The van der Waals surface area contributed by atoms with E-state index in [1.165, 1.54) is 6.20 Å². The van der Waals surface area contributed by atoms with Gasteiger partial charge >= 0.3 is 0 Å². The minimum Gasteiger partial charge on any atom is -0.385 e. The first-order valence-corrected chi connectivity index (χ1v) is 12.2. The van der Waals surface area contributed by atoms with Crippen molar-refractivity contribution in [3.05, 3.63) is 45.5 Å². The number of aromatic nitrogens is 1. The van der Waals surface area contributed by atoms with Crippen molar-refractivity contribution in [2.75, 3.05) is 5.75 Å². The fourth-order valence-corrected chi connectivity index (χ4v) is 5.69. The van der Waals surface area contributed by atoms with Gasteiger partial charge in [0.1, 0.15) is 5.75 Å². The molecule has 0 fully saturated rings. The van der Waals surface area contributed by atoms with E-state index < -0.39 is 27.0 Å². The van der Waals surface area contributed by atoms with Crippen molar-refractivity contribution in [3.63, 3.8) is 0 Å². The molecule has 0 atom stereocenters. The Morgan fingerprint density at radius 1 is 1.20 bits per heavy atom. The molecule has 1 heterocycles. The fourth-order valence-electron chi connectivity index (χ4n) is 3.22. The van der Waals surface area contributed by atoms with Crippen LogP contribution in [0.3, 0.4) is 0 Å². The lowest BCUT2D eigenvalue weighted by atomic mass is 9.85. The molecule has 0 spiro atoms. The lowest BCUT2D eigenvalue weighted by Crippen LogP contribution is -2.20. The largest absolute Gasteiger partial charge is 0.385 e. The van der Waals surface area contributed by atoms with Gasteiger partial charge in [-0.2, -0.15) is 5.26 Å². The van der Waals surface area contributed by atoms with Crippen LogP contribution in [0.2, 0.25) is 0 Å². The van der Waals surface area contributed by atoms with Crippen LogP contribution >= 0.6 is 11.3 Å². The molecule has 30 heavy (non-hydrogen) atoms. The average Bonchev–Trinajstić information content (AvgIpc) is 3.12. The van der Waals surface area contributed by atoms with Gasteiger partial charge in [0.05, 0.1) is 22.1 Å². The lowest BCUT2D eigenvalue weighted by molar-refractivity contribution is -0.116. The summed E-state index contributed by atoms with van der Waals surface area (Å²) in [5.41, 5.74) is 1.92. The monoisotopic (exact) mass is 448 g/mol. The Bertz CT molecular complexity index is 1060. The minimum absolute atomic E-state index is 0.0182. The van der Waals surface area contributed by atoms with Crippen LogP contribution in [0.5, 0.6) is 0 Å². The molecule has 2 rings (SSSR count). The van der Waals surface area contributed by atoms with E-state index in [1.54, 1.807) is 26.0 Å². The van der Waals surface area contributed by atoms with Crippen LogP contribution in [0, 0.1) is 11.3 Å². The molecule has 2 aromatic rings. The summed E-state index contributed by atoms with van der Waals surface area (Å²) in [7, 11) is -3.90. The number of aliphatic hydroxyl groups is 1. The Labute approximate surface area is 182 Å². The van der Waals surface area contributed by atoms with Crippen molar-refractivity contribution in [1.29, 1.82) is 5.26 Å². The highest BCUT2D eigenvalue weighted by molar-refractivity contribution is 7.94. The van der Waals surface area contributed by atoms with E-state index in [0.29, 0.717) is 10.4 Å². The number of Topliss-reactive ketones (excluding diaryl/α,β-unsaturated/α-hetero) is 1. The molecule has 0 saturated heterocycles. The first kappa shape index (κ1) is 24.2. The molecule has 0 aliphatic rings. The molecule has 0 aliphatic carbocycles. The summed E-state index contributed by atoms with van der Waals surface area (Å²) in [6.07, 6.45) is 1.31. The van der Waals surface area contributed by atoms with Crippen LogP contribution in [-0.4, -0.2) is 30.0 Å². The summed E-state index contributed by atoms with van der Waals surface area (Å²) >= 11 is 0.879. The van der Waals surface area contributed by atoms with Crippen LogP contribution in [0.4, 0.5) is 0 Å². The van der Waals surface area contributed by atoms with Crippen LogP contribution in [0.1, 0.15) is 80.5 Å². The number of nitriles is 1. The number of hydrogen-bond acceptors (Lipinski definition) is 7. The van der Waals surface area contributed by atoms with Gasteiger partial charge in [0.2, 0.25) is 14.2 Å². The third-order valence-corrected chi connectivity index (χ3v) is 8.23. The summed E-state index contributed by atoms with van der Waals surface area (Å²) in [6.45, 7) is 11.0. The molecule has 6 nitrogen and oxygen atoms in total. The number of hydrogen-bond donors (Lipinski definition) is 1. The maximum atomic E-state index is 12.8. The van der Waals surface area contributed by atoms with Crippen molar-refractivity contribution < 1.29 is 18.3 Å². The normalized spacial score (nSPS) is 12.4. The smallest absolute Gasteiger partial charge is 0.212 e. The zero-order valence-corrected chi connectivity index (χ0v) is 19.8. The number of benzene rings is 1. The number of carbonyl (C=O) groups excluding carboxylic acids is 1. The summed E-state index contributed by atoms with van der Waals surface area (Å²) in [6, 6.07) is 5.73. The molecule has 8 heteroatoms. The predicted octanol–water partition coefficient (Wildman–Crippen LogP) is 4.07. The second-order valence-corrected chi connectivity index (χ2v) is 11.8. The number of sulfone groups is 1. The second-order valence-electron chi connectivity index (χ2n) is 8.58. The highest BCUT2D eigenvalue weighted by Gasteiger charge is 2.28. The highest BCUT2D eigenvalue weighted by atomic mass is 32.2. The molecular weight excluding hydrogens is 420 g/mol. The number of carbonyl (C=O) groups is 1. The third kappa shape index (κ3) is 5.54. The van der Waals surface area contributed by atoms with Crippen LogP contribution in [0.25, 0.3) is 0 Å². The van der Waals surface area contributed by atoms with Crippen molar-refractivity contribution >= 4 is 27.0 Å². The molecule has 1 aromatic heterocycles. The standard InChI is InChI=1S/C22H28N2O4S2/c1-13(2)17-7-15(10-23)8-18(14(3)4)19(17)9-16(25)12-30(27,28)21-24-11-20(29-21)22(5,6)26/h7-8,11,13-14,26H,9,12H2,1-6H3. The Balaban J connectivity index is 2.36. The number of nitrogens with zero attached hydrogens (tertiary/aromatic N) is 2. The molecule has 0 saturated carbocycles. The Morgan fingerprint density at radius 3 is 2.13 bits per heavy atom. The molecule has 1 N–H and O–H groups in total. The summed E-state index contributed by atoms with van der Waals surface area (Å²) in [4.78, 5) is 17.1. The molecule has 162 valence electrons. The quantitative estimate of drug-likeness (QED) is 0.652. The van der Waals surface area contributed by atoms with E-state index in [-0.39, 0.29) is 22.6 Å². The fraction of sp³-hybridized carbons (Fsp3) is 0.500. The van der Waals surface area contributed by atoms with Gasteiger partial charge in [0.25, 0.3) is 0 Å². The Morgan fingerprint density at radius 2 is 1.73 bits per heavy atom. The molecule has 0 radical (unpaired) electrons. The number of rotatable bonds is 8. The molecule has 0 amide bonds. The second kappa shape index (κ2) is 8.96. The molecule has 0 bridgehead atoms. The predicted molar refractivity (Wildman–Crippen MR) is 117 cm³/mol. The van der Waals surface area contributed by atoms with Crippen molar-refractivity contribution in [1.82, 2.24) is 4.98 Å². The third-order valence-electron chi connectivity index (χ3n) is 4.77. The number of thiazole rings is 1. The van der Waals surface area contributed by atoms with Gasteiger partial charge in [-0.25, -0.2) is 13.4 Å². The Kier molecular flexibility index (Phi) is 7.23. The van der Waals surface area contributed by atoms with E-state index in [0.717, 1.165) is 28.0 Å². The van der Waals surface area contributed by atoms with Crippen molar-refractivity contribution in [3.8, 4) is 6.07 Å². The van der Waals surface area contributed by atoms with Crippen molar-refractivity contribution in [2.45, 2.75) is 69.7 Å². The van der Waals surface area contributed by atoms with E-state index >= 15 is 0 Å². The first-order valence-electron chi connectivity index (χ1n) is 9.76. The van der Waals surface area contributed by atoms with Gasteiger partial charge in [0.15, 0.2) is 5.78 Å². The molecular formula is C22H28N2O4S2. The summed E-state index contributed by atoms with van der Waals surface area (Å²) in [5.74, 6) is -0.906. The maximum Gasteiger partial charge on any atom is 0.212 e.